The first-order chi connectivity index (χ1) is 13.1. The van der Waals surface area contributed by atoms with Crippen molar-refractivity contribution >= 4 is 43.9 Å². The van der Waals surface area contributed by atoms with Crippen LogP contribution in [-0.2, 0) is 14.9 Å². The van der Waals surface area contributed by atoms with Gasteiger partial charge in [-0.05, 0) is 60.7 Å². The predicted molar refractivity (Wildman–Crippen MR) is 108 cm³/mol. The maximum absolute atomic E-state index is 11.7. The minimum absolute atomic E-state index is 0.172. The molecule has 2 N–H and O–H groups in total. The number of rotatable bonds is 4. The van der Waals surface area contributed by atoms with Crippen molar-refractivity contribution in [2.24, 2.45) is 10.2 Å². The number of amides is 1. The molecule has 0 aliphatic heterocycles. The summed E-state index contributed by atoms with van der Waals surface area (Å²) in [7, 11) is -4.38. The lowest BCUT2D eigenvalue weighted by Gasteiger charge is -2.08. The molecular formula is C20H19N3O4S. The minimum Gasteiger partial charge on any atom is -0.324 e. The molecule has 1 amide bonds. The van der Waals surface area contributed by atoms with Gasteiger partial charge in [-0.1, -0.05) is 18.2 Å². The Bertz CT molecular complexity index is 1220. The number of aryl methyl sites for hydroxylation is 2. The van der Waals surface area contributed by atoms with Gasteiger partial charge in [0.1, 0.15) is 10.6 Å². The average molecular weight is 397 g/mol. The molecule has 0 unspecified atom stereocenters. The number of fused-ring (bicyclic) bond motifs is 1. The standard InChI is InChI=1S/C20H19N3O4S/c1-12-4-7-18(19(9-12)21-14(3)24)23-22-16-6-5-15-8-13(2)10-20(17(15)11-16)28(25,26)27/h4-11H,1-3H3,(H,21,24)(H,25,26,27). The van der Waals surface area contributed by atoms with Crippen molar-refractivity contribution in [1.29, 1.82) is 0 Å². The second-order valence-electron chi connectivity index (χ2n) is 6.55. The van der Waals surface area contributed by atoms with Gasteiger partial charge < -0.3 is 5.32 Å². The van der Waals surface area contributed by atoms with E-state index in [-0.39, 0.29) is 10.8 Å². The summed E-state index contributed by atoms with van der Waals surface area (Å²) in [5.74, 6) is -0.221. The molecule has 0 aliphatic rings. The van der Waals surface area contributed by atoms with Crippen molar-refractivity contribution in [3.8, 4) is 0 Å². The maximum atomic E-state index is 11.7. The normalized spacial score (nSPS) is 11.9. The Balaban J connectivity index is 2.06. The number of azo groups is 1. The molecule has 0 atom stereocenters. The molecule has 3 aromatic rings. The first kappa shape index (κ1) is 19.7. The van der Waals surface area contributed by atoms with Gasteiger partial charge >= 0.3 is 0 Å². The van der Waals surface area contributed by atoms with Gasteiger partial charge in [-0.2, -0.15) is 13.5 Å². The molecule has 0 radical (unpaired) electrons. The van der Waals surface area contributed by atoms with Crippen molar-refractivity contribution < 1.29 is 17.8 Å². The van der Waals surface area contributed by atoms with Crippen LogP contribution >= 0.6 is 0 Å². The second kappa shape index (κ2) is 7.49. The Morgan fingerprint density at radius 3 is 2.39 bits per heavy atom. The van der Waals surface area contributed by atoms with Gasteiger partial charge in [0.25, 0.3) is 10.1 Å². The van der Waals surface area contributed by atoms with E-state index in [1.165, 1.54) is 13.0 Å². The summed E-state index contributed by atoms with van der Waals surface area (Å²) in [6.45, 7) is 5.06. The maximum Gasteiger partial charge on any atom is 0.295 e. The van der Waals surface area contributed by atoms with Gasteiger partial charge in [0.05, 0.1) is 11.4 Å². The van der Waals surface area contributed by atoms with Gasteiger partial charge in [0.15, 0.2) is 0 Å². The van der Waals surface area contributed by atoms with Gasteiger partial charge in [-0.15, -0.1) is 5.11 Å². The SMILES string of the molecule is CC(=O)Nc1cc(C)ccc1N=Nc1ccc2cc(C)cc(S(=O)(=O)O)c2c1. The van der Waals surface area contributed by atoms with Crippen LogP contribution in [0.3, 0.4) is 0 Å². The first-order valence-electron chi connectivity index (χ1n) is 8.45. The number of hydrogen-bond acceptors (Lipinski definition) is 5. The highest BCUT2D eigenvalue weighted by Gasteiger charge is 2.15. The molecule has 144 valence electrons. The third-order valence-corrected chi connectivity index (χ3v) is 4.95. The summed E-state index contributed by atoms with van der Waals surface area (Å²) in [6, 6.07) is 13.6. The zero-order valence-corrected chi connectivity index (χ0v) is 16.4. The second-order valence-corrected chi connectivity index (χ2v) is 7.94. The Morgan fingerprint density at radius 1 is 0.964 bits per heavy atom. The van der Waals surface area contributed by atoms with Crippen LogP contribution in [0.25, 0.3) is 10.8 Å². The molecule has 3 aromatic carbocycles. The lowest BCUT2D eigenvalue weighted by molar-refractivity contribution is -0.114. The smallest absolute Gasteiger partial charge is 0.295 e. The van der Waals surface area contributed by atoms with Crippen LogP contribution in [0.15, 0.2) is 63.7 Å². The van der Waals surface area contributed by atoms with Gasteiger partial charge in [0, 0.05) is 12.3 Å². The fourth-order valence-corrected chi connectivity index (χ4v) is 3.66. The van der Waals surface area contributed by atoms with E-state index in [0.29, 0.717) is 33.4 Å². The number of nitrogens with one attached hydrogen (secondary N) is 1. The minimum atomic E-state index is -4.38. The van der Waals surface area contributed by atoms with Crippen molar-refractivity contribution in [3.63, 3.8) is 0 Å². The molecule has 3 rings (SSSR count). The van der Waals surface area contributed by atoms with Crippen LogP contribution in [0.4, 0.5) is 17.1 Å². The number of benzene rings is 3. The van der Waals surface area contributed by atoms with Gasteiger partial charge in [-0.3, -0.25) is 9.35 Å². The molecule has 0 saturated heterocycles. The van der Waals surface area contributed by atoms with Crippen LogP contribution in [0.1, 0.15) is 18.1 Å². The summed E-state index contributed by atoms with van der Waals surface area (Å²) in [6.07, 6.45) is 0. The zero-order valence-electron chi connectivity index (χ0n) is 15.6. The fraction of sp³-hybridized carbons (Fsp3) is 0.150. The Morgan fingerprint density at radius 2 is 1.71 bits per heavy atom. The Hall–Kier alpha value is -3.10. The molecule has 0 bridgehead atoms. The Kier molecular flexibility index (Phi) is 5.26. The van der Waals surface area contributed by atoms with Crippen LogP contribution in [0.2, 0.25) is 0 Å². The predicted octanol–water partition coefficient (Wildman–Crippen LogP) is 5.08. The number of carbonyl (C=O) groups excluding carboxylic acids is 1. The third-order valence-electron chi connectivity index (χ3n) is 4.06. The summed E-state index contributed by atoms with van der Waals surface area (Å²) in [5.41, 5.74) is 3.09. The van der Waals surface area contributed by atoms with Crippen molar-refractivity contribution in [3.05, 3.63) is 59.7 Å². The van der Waals surface area contributed by atoms with Crippen LogP contribution < -0.4 is 5.32 Å². The van der Waals surface area contributed by atoms with Crippen molar-refractivity contribution in [2.45, 2.75) is 25.7 Å². The molecule has 0 fully saturated rings. The highest BCUT2D eigenvalue weighted by Crippen LogP contribution is 2.31. The quantitative estimate of drug-likeness (QED) is 0.473. The zero-order chi connectivity index (χ0) is 20.5. The van der Waals surface area contributed by atoms with Gasteiger partial charge in [-0.25, -0.2) is 0 Å². The molecular weight excluding hydrogens is 378 g/mol. The molecule has 0 aromatic heterocycles. The number of nitrogens with zero attached hydrogens (tertiary/aromatic N) is 2. The highest BCUT2D eigenvalue weighted by molar-refractivity contribution is 7.86. The summed E-state index contributed by atoms with van der Waals surface area (Å²) in [5, 5.41) is 12.1. The fourth-order valence-electron chi connectivity index (χ4n) is 2.87. The monoisotopic (exact) mass is 397 g/mol. The summed E-state index contributed by atoms with van der Waals surface area (Å²) in [4.78, 5) is 11.2. The van der Waals surface area contributed by atoms with Crippen LogP contribution in [0.5, 0.6) is 0 Å². The lowest BCUT2D eigenvalue weighted by Crippen LogP contribution is -2.05. The number of carbonyl (C=O) groups is 1. The van der Waals surface area contributed by atoms with Crippen molar-refractivity contribution in [2.75, 3.05) is 5.32 Å². The Labute approximate surface area is 162 Å². The molecule has 8 heteroatoms. The number of anilines is 1. The average Bonchev–Trinajstić information content (AvgIpc) is 2.59. The highest BCUT2D eigenvalue weighted by atomic mass is 32.2. The van der Waals surface area contributed by atoms with E-state index in [4.69, 9.17) is 0 Å². The molecule has 0 heterocycles. The van der Waals surface area contributed by atoms with E-state index in [1.807, 2.05) is 19.1 Å². The summed E-state index contributed by atoms with van der Waals surface area (Å²) >= 11 is 0. The van der Waals surface area contributed by atoms with E-state index in [2.05, 4.69) is 15.5 Å². The molecule has 0 aliphatic carbocycles. The van der Waals surface area contributed by atoms with E-state index in [0.717, 1.165) is 5.56 Å². The van der Waals surface area contributed by atoms with Crippen LogP contribution in [0, 0.1) is 13.8 Å². The number of hydrogen-bond donors (Lipinski definition) is 2. The van der Waals surface area contributed by atoms with E-state index in [9.17, 15) is 17.8 Å². The van der Waals surface area contributed by atoms with Crippen molar-refractivity contribution in [1.82, 2.24) is 0 Å². The third kappa shape index (κ3) is 4.41. The molecule has 0 saturated carbocycles. The lowest BCUT2D eigenvalue weighted by atomic mass is 10.1. The van der Waals surface area contributed by atoms with E-state index in [1.54, 1.807) is 37.3 Å². The largest absolute Gasteiger partial charge is 0.324 e. The van der Waals surface area contributed by atoms with Gasteiger partial charge in [0.2, 0.25) is 5.91 Å². The molecule has 7 nitrogen and oxygen atoms in total. The van der Waals surface area contributed by atoms with Crippen LogP contribution in [-0.4, -0.2) is 18.9 Å². The summed E-state index contributed by atoms with van der Waals surface area (Å²) < 4.78 is 33.0. The molecule has 28 heavy (non-hydrogen) atoms. The molecule has 0 spiro atoms. The van der Waals surface area contributed by atoms with E-state index < -0.39 is 10.1 Å². The first-order valence-corrected chi connectivity index (χ1v) is 9.89. The topological polar surface area (TPSA) is 108 Å². The van der Waals surface area contributed by atoms with E-state index >= 15 is 0 Å².